The van der Waals surface area contributed by atoms with Crippen LogP contribution in [-0.4, -0.2) is 9.97 Å². The molecule has 0 amide bonds. The van der Waals surface area contributed by atoms with E-state index in [1.165, 1.54) is 42.4 Å². The summed E-state index contributed by atoms with van der Waals surface area (Å²) in [7, 11) is 0. The number of nitrogens with zero attached hydrogens (tertiary/aromatic N) is 1. The Kier molecular flexibility index (Phi) is 5.71. The van der Waals surface area contributed by atoms with Crippen LogP contribution in [0, 0.1) is 0 Å². The molecule has 0 unspecified atom stereocenters. The van der Waals surface area contributed by atoms with Gasteiger partial charge in [0.25, 0.3) is 0 Å². The highest BCUT2D eigenvalue weighted by atomic mass is 35.5. The zero-order valence-corrected chi connectivity index (χ0v) is 14.8. The number of aromatic nitrogens is 2. The standard InChI is InChI=1S/C21H23ClN2/c1-2-3-4-5-16-6-10-18(11-7-16)20-15-23-21(24-20)14-17-8-12-19(22)13-9-17/h6-13,15H,2-5,14H2,1H3,(H,23,24). The average molecular weight is 339 g/mol. The smallest absolute Gasteiger partial charge is 0.110 e. The van der Waals surface area contributed by atoms with Crippen LogP contribution in [0.2, 0.25) is 5.02 Å². The summed E-state index contributed by atoms with van der Waals surface area (Å²) in [6, 6.07) is 16.7. The minimum Gasteiger partial charge on any atom is -0.342 e. The van der Waals surface area contributed by atoms with Crippen LogP contribution in [0.4, 0.5) is 0 Å². The highest BCUT2D eigenvalue weighted by Crippen LogP contribution is 2.20. The van der Waals surface area contributed by atoms with Gasteiger partial charge in [-0.1, -0.05) is 67.8 Å². The first kappa shape index (κ1) is 16.8. The molecule has 0 saturated heterocycles. The highest BCUT2D eigenvalue weighted by Gasteiger charge is 2.05. The summed E-state index contributed by atoms with van der Waals surface area (Å²) in [5.41, 5.74) is 4.86. The number of unbranched alkanes of at least 4 members (excludes halogenated alkanes) is 2. The van der Waals surface area contributed by atoms with Gasteiger partial charge in [-0.05, 0) is 41.7 Å². The van der Waals surface area contributed by atoms with E-state index in [9.17, 15) is 0 Å². The fourth-order valence-electron chi connectivity index (χ4n) is 2.82. The van der Waals surface area contributed by atoms with Gasteiger partial charge in [-0.25, -0.2) is 4.98 Å². The fourth-order valence-corrected chi connectivity index (χ4v) is 2.95. The van der Waals surface area contributed by atoms with Crippen molar-refractivity contribution >= 4 is 11.6 Å². The third-order valence-corrected chi connectivity index (χ3v) is 4.50. The summed E-state index contributed by atoms with van der Waals surface area (Å²) < 4.78 is 0. The maximum Gasteiger partial charge on any atom is 0.110 e. The Morgan fingerprint density at radius 3 is 2.33 bits per heavy atom. The van der Waals surface area contributed by atoms with Gasteiger partial charge in [0.1, 0.15) is 5.82 Å². The molecule has 24 heavy (non-hydrogen) atoms. The number of nitrogens with one attached hydrogen (secondary N) is 1. The molecule has 0 aliphatic carbocycles. The zero-order chi connectivity index (χ0) is 16.8. The van der Waals surface area contributed by atoms with Gasteiger partial charge in [0.15, 0.2) is 0 Å². The molecule has 1 aromatic heterocycles. The molecule has 2 nitrogen and oxygen atoms in total. The molecule has 0 fully saturated rings. The summed E-state index contributed by atoms with van der Waals surface area (Å²) in [6.07, 6.45) is 7.70. The fraction of sp³-hybridized carbons (Fsp3) is 0.286. The van der Waals surface area contributed by atoms with Crippen LogP contribution in [0.3, 0.4) is 0 Å². The van der Waals surface area contributed by atoms with Gasteiger partial charge in [0, 0.05) is 11.4 Å². The monoisotopic (exact) mass is 338 g/mol. The highest BCUT2D eigenvalue weighted by molar-refractivity contribution is 6.30. The first-order valence-electron chi connectivity index (χ1n) is 8.62. The molecule has 0 saturated carbocycles. The second-order valence-corrected chi connectivity index (χ2v) is 6.64. The van der Waals surface area contributed by atoms with E-state index in [1.807, 2.05) is 30.5 Å². The van der Waals surface area contributed by atoms with Crippen LogP contribution in [0.1, 0.15) is 43.1 Å². The second-order valence-electron chi connectivity index (χ2n) is 6.20. The van der Waals surface area contributed by atoms with Gasteiger partial charge in [-0.3, -0.25) is 0 Å². The van der Waals surface area contributed by atoms with Gasteiger partial charge in [0.2, 0.25) is 0 Å². The number of hydrogen-bond donors (Lipinski definition) is 1. The van der Waals surface area contributed by atoms with Crippen LogP contribution in [0.25, 0.3) is 11.3 Å². The van der Waals surface area contributed by atoms with Gasteiger partial charge in [-0.2, -0.15) is 0 Å². The Morgan fingerprint density at radius 2 is 1.62 bits per heavy atom. The maximum atomic E-state index is 5.93. The molecular weight excluding hydrogens is 316 g/mol. The van der Waals surface area contributed by atoms with Crippen molar-refractivity contribution in [2.45, 2.75) is 39.0 Å². The molecule has 1 heterocycles. The van der Waals surface area contributed by atoms with Crippen molar-refractivity contribution < 1.29 is 0 Å². The quantitative estimate of drug-likeness (QED) is 0.521. The molecular formula is C21H23ClN2. The first-order chi connectivity index (χ1) is 11.7. The van der Waals surface area contributed by atoms with Crippen molar-refractivity contribution in [2.24, 2.45) is 0 Å². The van der Waals surface area contributed by atoms with Crippen LogP contribution in [0.15, 0.2) is 54.7 Å². The van der Waals surface area contributed by atoms with Crippen molar-refractivity contribution in [2.75, 3.05) is 0 Å². The van der Waals surface area contributed by atoms with Gasteiger partial charge in [0.05, 0.1) is 11.9 Å². The van der Waals surface area contributed by atoms with E-state index in [0.29, 0.717) is 0 Å². The summed E-state index contributed by atoms with van der Waals surface area (Å²) in [5.74, 6) is 0.972. The summed E-state index contributed by atoms with van der Waals surface area (Å²) in [4.78, 5) is 7.93. The van der Waals surface area contributed by atoms with Crippen molar-refractivity contribution in [3.63, 3.8) is 0 Å². The molecule has 3 heteroatoms. The lowest BCUT2D eigenvalue weighted by molar-refractivity contribution is 0.717. The number of aromatic amines is 1. The molecule has 0 aliphatic rings. The van der Waals surface area contributed by atoms with Gasteiger partial charge < -0.3 is 4.98 Å². The van der Waals surface area contributed by atoms with Gasteiger partial charge >= 0.3 is 0 Å². The molecule has 2 aromatic carbocycles. The molecule has 0 spiro atoms. The van der Waals surface area contributed by atoms with Crippen molar-refractivity contribution in [1.82, 2.24) is 9.97 Å². The lowest BCUT2D eigenvalue weighted by atomic mass is 10.0. The first-order valence-corrected chi connectivity index (χ1v) is 9.00. The van der Waals surface area contributed by atoms with E-state index in [-0.39, 0.29) is 0 Å². The Morgan fingerprint density at radius 1 is 0.917 bits per heavy atom. The van der Waals surface area contributed by atoms with Crippen molar-refractivity contribution in [3.05, 3.63) is 76.7 Å². The molecule has 1 N–H and O–H groups in total. The van der Waals surface area contributed by atoms with Crippen molar-refractivity contribution in [1.29, 1.82) is 0 Å². The topological polar surface area (TPSA) is 28.7 Å². The Hall–Kier alpha value is -2.06. The van der Waals surface area contributed by atoms with E-state index in [0.717, 1.165) is 23.0 Å². The average Bonchev–Trinajstić information content (AvgIpc) is 3.06. The minimum atomic E-state index is 0.762. The molecule has 0 aliphatic heterocycles. The van der Waals surface area contributed by atoms with E-state index in [4.69, 9.17) is 11.6 Å². The van der Waals surface area contributed by atoms with Crippen LogP contribution < -0.4 is 0 Å². The van der Waals surface area contributed by atoms with E-state index in [1.54, 1.807) is 0 Å². The molecule has 0 bridgehead atoms. The molecule has 3 aromatic rings. The number of H-pyrrole nitrogens is 1. The van der Waals surface area contributed by atoms with E-state index >= 15 is 0 Å². The molecule has 3 rings (SSSR count). The third-order valence-electron chi connectivity index (χ3n) is 4.25. The number of hydrogen-bond acceptors (Lipinski definition) is 1. The number of imidazole rings is 1. The predicted octanol–water partition coefficient (Wildman–Crippen LogP) is 6.05. The molecule has 124 valence electrons. The zero-order valence-electron chi connectivity index (χ0n) is 14.1. The lowest BCUT2D eigenvalue weighted by Gasteiger charge is -2.03. The van der Waals surface area contributed by atoms with E-state index in [2.05, 4.69) is 41.2 Å². The number of benzene rings is 2. The predicted molar refractivity (Wildman–Crippen MR) is 102 cm³/mol. The maximum absolute atomic E-state index is 5.93. The van der Waals surface area contributed by atoms with E-state index < -0.39 is 0 Å². The number of rotatable bonds is 7. The second kappa shape index (κ2) is 8.16. The van der Waals surface area contributed by atoms with Gasteiger partial charge in [-0.15, -0.1) is 0 Å². The minimum absolute atomic E-state index is 0.762. The number of aryl methyl sites for hydroxylation is 1. The molecule has 0 radical (unpaired) electrons. The van der Waals surface area contributed by atoms with Crippen LogP contribution >= 0.6 is 11.6 Å². The Balaban J connectivity index is 1.65. The molecule has 0 atom stereocenters. The van der Waals surface area contributed by atoms with Crippen molar-refractivity contribution in [3.8, 4) is 11.3 Å². The van der Waals surface area contributed by atoms with Crippen LogP contribution in [-0.2, 0) is 12.8 Å². The Labute approximate surface area is 148 Å². The third kappa shape index (κ3) is 4.48. The summed E-state index contributed by atoms with van der Waals surface area (Å²) in [6.45, 7) is 2.24. The normalized spacial score (nSPS) is 10.9. The largest absolute Gasteiger partial charge is 0.342 e. The Bertz CT molecular complexity index is 757. The lowest BCUT2D eigenvalue weighted by Crippen LogP contribution is -1.90. The SMILES string of the molecule is CCCCCc1ccc(-c2cnc(Cc3ccc(Cl)cc3)[nH]2)cc1. The van der Waals surface area contributed by atoms with Crippen LogP contribution in [0.5, 0.6) is 0 Å². The summed E-state index contributed by atoms with van der Waals surface area (Å²) in [5, 5.41) is 0.762. The summed E-state index contributed by atoms with van der Waals surface area (Å²) >= 11 is 5.93. The number of halogens is 1.